The first-order chi connectivity index (χ1) is 21.0. The summed E-state index contributed by atoms with van der Waals surface area (Å²) in [5, 5.41) is -7.07. The Labute approximate surface area is 249 Å². The van der Waals surface area contributed by atoms with Crippen LogP contribution in [-0.2, 0) is 10.1 Å². The lowest BCUT2D eigenvalue weighted by Gasteiger charge is -2.32. The van der Waals surface area contributed by atoms with Gasteiger partial charge in [0.15, 0.2) is 5.75 Å². The number of ether oxygens (including phenoxy) is 1. The highest BCUT2D eigenvalue weighted by Gasteiger charge is 2.86. The number of hydrogen-bond donors (Lipinski definition) is 0. The zero-order chi connectivity index (χ0) is 34.5. The van der Waals surface area contributed by atoms with Crippen LogP contribution in [-0.4, -0.2) is 76.9 Å². The Morgan fingerprint density at radius 2 is 1.39 bits per heavy atom. The molecule has 0 spiro atoms. The van der Waals surface area contributed by atoms with E-state index in [1.54, 1.807) is 0 Å². The van der Waals surface area contributed by atoms with Gasteiger partial charge >= 0.3 is 39.8 Å². The van der Waals surface area contributed by atoms with Gasteiger partial charge in [-0.25, -0.2) is 15.0 Å². The number of amides is 1. The molecule has 1 saturated heterocycles. The van der Waals surface area contributed by atoms with Gasteiger partial charge in [-0.2, -0.15) is 47.9 Å². The van der Waals surface area contributed by atoms with Crippen LogP contribution in [0, 0.1) is 0 Å². The molecule has 2 aromatic heterocycles. The van der Waals surface area contributed by atoms with Crippen molar-refractivity contribution >= 4 is 27.1 Å². The number of nitrogens with zero attached hydrogens (tertiary/aromatic N) is 4. The summed E-state index contributed by atoms with van der Waals surface area (Å²) in [6, 6.07) is 4.75. The van der Waals surface area contributed by atoms with Gasteiger partial charge in [0.05, 0.1) is 17.4 Å². The van der Waals surface area contributed by atoms with E-state index in [1.165, 1.54) is 4.90 Å². The normalized spacial score (nSPS) is 16.0. The predicted molar refractivity (Wildman–Crippen MR) is 129 cm³/mol. The highest BCUT2D eigenvalue weighted by atomic mass is 32.2. The third-order valence-corrected chi connectivity index (χ3v) is 7.91. The van der Waals surface area contributed by atoms with E-state index in [4.69, 9.17) is 0 Å². The highest BCUT2D eigenvalue weighted by molar-refractivity contribution is 7.88. The van der Waals surface area contributed by atoms with Gasteiger partial charge in [-0.3, -0.25) is 4.79 Å². The largest absolute Gasteiger partial charge is 0.573 e. The average Bonchev–Trinajstić information content (AvgIpc) is 2.95. The maximum Gasteiger partial charge on any atom is 0.573 e. The lowest BCUT2D eigenvalue weighted by molar-refractivity contribution is -0.382. The topological polar surface area (TPSA) is 112 Å². The number of aromatic nitrogens is 3. The number of pyridine rings is 1. The van der Waals surface area contributed by atoms with E-state index < -0.39 is 63.1 Å². The molecule has 3 aromatic rings. The van der Waals surface area contributed by atoms with E-state index >= 15 is 0 Å². The summed E-state index contributed by atoms with van der Waals surface area (Å²) in [5.74, 6) is -17.7. The third-order valence-electron chi connectivity index (χ3n) is 6.62. The summed E-state index contributed by atoms with van der Waals surface area (Å²) in [6.07, 6.45) is -10.4. The monoisotopic (exact) mass is 700 g/mol. The smallest absolute Gasteiger partial charge is 0.406 e. The number of rotatable bonds is 8. The van der Waals surface area contributed by atoms with E-state index in [0.717, 1.165) is 30.6 Å². The second kappa shape index (κ2) is 11.6. The Balaban J connectivity index is 1.48. The molecule has 0 atom stereocenters. The molecule has 22 heteroatoms. The molecule has 1 aromatic carbocycles. The van der Waals surface area contributed by atoms with E-state index in [9.17, 15) is 65.9 Å². The molecule has 252 valence electrons. The molecule has 1 amide bonds. The number of fused-ring (bicyclic) bond motifs is 1. The van der Waals surface area contributed by atoms with E-state index in [1.807, 2.05) is 0 Å². The van der Waals surface area contributed by atoms with Crippen molar-refractivity contribution < 1.29 is 74.8 Å². The second-order valence-electron chi connectivity index (χ2n) is 9.64. The first kappa shape index (κ1) is 34.8. The summed E-state index contributed by atoms with van der Waals surface area (Å²) >= 11 is 0. The van der Waals surface area contributed by atoms with Gasteiger partial charge in [-0.15, -0.1) is 13.2 Å². The molecule has 1 aliphatic heterocycles. The van der Waals surface area contributed by atoms with Gasteiger partial charge in [0.2, 0.25) is 0 Å². The van der Waals surface area contributed by atoms with Crippen LogP contribution >= 0.6 is 0 Å². The van der Waals surface area contributed by atoms with Gasteiger partial charge in [0.1, 0.15) is 17.6 Å². The van der Waals surface area contributed by atoms with Crippen molar-refractivity contribution in [3.05, 3.63) is 54.1 Å². The molecule has 4 rings (SSSR count). The summed E-state index contributed by atoms with van der Waals surface area (Å²) in [5.41, 5.74) is -0.150. The van der Waals surface area contributed by atoms with Gasteiger partial charge < -0.3 is 13.8 Å². The molecule has 0 saturated carbocycles. The van der Waals surface area contributed by atoms with Gasteiger partial charge in [-0.05, 0) is 37.1 Å². The summed E-state index contributed by atoms with van der Waals surface area (Å²) in [6.45, 7) is 0.224. The van der Waals surface area contributed by atoms with Crippen LogP contribution in [0.3, 0.4) is 0 Å². The molecule has 1 aliphatic rings. The molecule has 3 heterocycles. The quantitative estimate of drug-likeness (QED) is 0.206. The molecule has 9 nitrogen and oxygen atoms in total. The lowest BCUT2D eigenvalue weighted by atomic mass is 9.92. The zero-order valence-electron chi connectivity index (χ0n) is 22.2. The van der Waals surface area contributed by atoms with Crippen molar-refractivity contribution in [3.63, 3.8) is 0 Å². The molecular weight excluding hydrogens is 684 g/mol. The first-order valence-electron chi connectivity index (χ1n) is 12.4. The number of halogens is 12. The lowest BCUT2D eigenvalue weighted by Crippen LogP contribution is -2.63. The number of hydrogen-bond acceptors (Lipinski definition) is 8. The Morgan fingerprint density at radius 1 is 0.804 bits per heavy atom. The van der Waals surface area contributed by atoms with Crippen LogP contribution in [0.15, 0.2) is 42.9 Å². The summed E-state index contributed by atoms with van der Waals surface area (Å²) in [4.78, 5) is 25.8. The molecule has 0 bridgehead atoms. The Hall–Kier alpha value is -4.11. The van der Waals surface area contributed by atoms with E-state index in [-0.39, 0.29) is 48.2 Å². The molecule has 46 heavy (non-hydrogen) atoms. The minimum atomic E-state index is -7.49. The van der Waals surface area contributed by atoms with Gasteiger partial charge in [0.25, 0.3) is 5.91 Å². The van der Waals surface area contributed by atoms with Crippen molar-refractivity contribution in [1.29, 1.82) is 0 Å². The van der Waals surface area contributed by atoms with E-state index in [0.29, 0.717) is 12.3 Å². The molecule has 0 N–H and O–H groups in total. The van der Waals surface area contributed by atoms with Crippen molar-refractivity contribution in [2.45, 2.75) is 48.4 Å². The van der Waals surface area contributed by atoms with E-state index in [2.05, 4.69) is 23.9 Å². The summed E-state index contributed by atoms with van der Waals surface area (Å²) < 4.78 is 187. The first-order valence-corrected chi connectivity index (χ1v) is 13.8. The fraction of sp³-hybridized carbons (Fsp3) is 0.417. The summed E-state index contributed by atoms with van der Waals surface area (Å²) in [7, 11) is -7.20. The average molecular weight is 700 g/mol. The predicted octanol–water partition coefficient (Wildman–Crippen LogP) is 6.08. The van der Waals surface area contributed by atoms with Crippen LogP contribution in [0.5, 0.6) is 11.5 Å². The number of carbonyl (C=O) groups excluding carboxylic acids is 1. The van der Waals surface area contributed by atoms with Crippen LogP contribution in [0.4, 0.5) is 52.7 Å². The maximum absolute atomic E-state index is 14.0. The second-order valence-corrected chi connectivity index (χ2v) is 11.2. The number of piperidine rings is 1. The van der Waals surface area contributed by atoms with Crippen molar-refractivity contribution in [2.75, 3.05) is 13.1 Å². The molecular formula is C24H16F12N4O5S. The van der Waals surface area contributed by atoms with Crippen LogP contribution in [0.2, 0.25) is 0 Å². The van der Waals surface area contributed by atoms with Gasteiger partial charge in [-0.1, -0.05) is 0 Å². The fourth-order valence-corrected chi connectivity index (χ4v) is 5.22. The van der Waals surface area contributed by atoms with Crippen LogP contribution in [0.1, 0.15) is 34.8 Å². The Bertz CT molecular complexity index is 1710. The SMILES string of the molecule is O=C(c1ccc(OC(F)(F)F)cc1)N1CCC(c2ncnc3cc(OS(=O)(=O)C(F)(F)C(F)(F)C(F)(F)C(F)(F)F)cnc23)CC1. The molecule has 0 aliphatic carbocycles. The fourth-order valence-electron chi connectivity index (χ4n) is 4.32. The highest BCUT2D eigenvalue weighted by Crippen LogP contribution is 2.55. The maximum atomic E-state index is 14.0. The van der Waals surface area contributed by atoms with Crippen LogP contribution in [0.25, 0.3) is 11.0 Å². The van der Waals surface area contributed by atoms with Crippen molar-refractivity contribution in [1.82, 2.24) is 19.9 Å². The standard InChI is InChI=1S/C24H16F12N4O5S/c25-20(26,22(29,30)31)21(27,28)23(32,33)46(42,43)45-15-9-16-18(37-10-15)17(39-11-38-16)12-5-7-40(8-6-12)19(41)13-1-3-14(4-2-13)44-24(34,35)36/h1-4,9-12H,5-8H2. The number of benzene rings is 1. The number of carbonyl (C=O) groups is 1. The number of alkyl halides is 12. The Kier molecular flexibility index (Phi) is 8.77. The van der Waals surface area contributed by atoms with Gasteiger partial charge in [0, 0.05) is 30.6 Å². The molecule has 1 fully saturated rings. The molecule has 0 unspecified atom stereocenters. The Morgan fingerprint density at radius 3 is 1.93 bits per heavy atom. The van der Waals surface area contributed by atoms with Crippen LogP contribution < -0.4 is 8.92 Å². The minimum absolute atomic E-state index is 0.0649. The number of likely N-dealkylation sites (tertiary alicyclic amines) is 1. The van der Waals surface area contributed by atoms with Crippen molar-refractivity contribution in [2.24, 2.45) is 0 Å². The zero-order valence-corrected chi connectivity index (χ0v) is 23.0. The molecule has 0 radical (unpaired) electrons. The third kappa shape index (κ3) is 6.43. The van der Waals surface area contributed by atoms with Crippen molar-refractivity contribution in [3.8, 4) is 11.5 Å². The minimum Gasteiger partial charge on any atom is -0.406 e.